The number of aryl methyl sites for hydroxylation is 1. The van der Waals surface area contributed by atoms with Crippen molar-refractivity contribution >= 4 is 35.1 Å². The molecular weight excluding hydrogens is 367 g/mol. The number of carbonyl (C=O) groups excluding carboxylic acids is 2. The van der Waals surface area contributed by atoms with Crippen LogP contribution in [0.25, 0.3) is 0 Å². The Hall–Kier alpha value is -2.24. The molecule has 0 fully saturated rings. The summed E-state index contributed by atoms with van der Waals surface area (Å²) in [5.74, 6) is -0.715. The van der Waals surface area contributed by atoms with Crippen molar-refractivity contribution in [1.82, 2.24) is 0 Å². The Bertz CT molecular complexity index is 698. The highest BCUT2D eigenvalue weighted by Gasteiger charge is 2.15. The summed E-state index contributed by atoms with van der Waals surface area (Å²) in [6.07, 6.45) is 0. The number of benzene rings is 2. The Morgan fingerprint density at radius 1 is 1.08 bits per heavy atom. The van der Waals surface area contributed by atoms with Crippen molar-refractivity contribution in [1.29, 1.82) is 0 Å². The second-order valence-corrected chi connectivity index (χ2v) is 5.73. The van der Waals surface area contributed by atoms with E-state index < -0.39 is 11.9 Å². The van der Waals surface area contributed by atoms with Crippen molar-refractivity contribution in [3.63, 3.8) is 0 Å². The number of rotatable bonds is 3. The van der Waals surface area contributed by atoms with E-state index in [0.717, 1.165) is 0 Å². The monoisotopic (exact) mass is 384 g/mol. The minimum Gasteiger partial charge on any atom is -0.508 e. The number of halogens is 2. The smallest absolute Gasteiger partial charge is 0.338 e. The van der Waals surface area contributed by atoms with Crippen LogP contribution in [0.5, 0.6) is 11.5 Å². The molecule has 7 heteroatoms. The van der Waals surface area contributed by atoms with Gasteiger partial charge in [0, 0.05) is 6.92 Å². The van der Waals surface area contributed by atoms with E-state index in [1.165, 1.54) is 24.6 Å². The SMILES string of the molecule is CCOC(=O)c1cc(Cl)c(OC(C)=O)c(Cl)c1.Cc1ccc(O)cc1. The van der Waals surface area contributed by atoms with Gasteiger partial charge in [0.05, 0.1) is 22.2 Å². The highest BCUT2D eigenvalue weighted by molar-refractivity contribution is 6.37. The van der Waals surface area contributed by atoms with Crippen LogP contribution in [-0.4, -0.2) is 23.7 Å². The van der Waals surface area contributed by atoms with Crippen LogP contribution in [0.4, 0.5) is 0 Å². The van der Waals surface area contributed by atoms with Gasteiger partial charge in [-0.2, -0.15) is 0 Å². The molecule has 0 heterocycles. The molecule has 0 atom stereocenters. The van der Waals surface area contributed by atoms with Crippen LogP contribution in [0.3, 0.4) is 0 Å². The van der Waals surface area contributed by atoms with E-state index in [-0.39, 0.29) is 28.0 Å². The van der Waals surface area contributed by atoms with Crippen molar-refractivity contribution in [2.75, 3.05) is 6.61 Å². The quantitative estimate of drug-likeness (QED) is 0.607. The fourth-order valence-corrected chi connectivity index (χ4v) is 2.24. The molecule has 0 saturated heterocycles. The predicted molar refractivity (Wildman–Crippen MR) is 96.6 cm³/mol. The molecule has 0 aliphatic heterocycles. The molecule has 25 heavy (non-hydrogen) atoms. The van der Waals surface area contributed by atoms with Crippen LogP contribution in [0, 0.1) is 6.92 Å². The first-order chi connectivity index (χ1) is 11.7. The molecular formula is C18H18Cl2O5. The molecule has 134 valence electrons. The lowest BCUT2D eigenvalue weighted by Gasteiger charge is -2.08. The van der Waals surface area contributed by atoms with Gasteiger partial charge in [-0.3, -0.25) is 4.79 Å². The van der Waals surface area contributed by atoms with Crippen molar-refractivity contribution in [3.05, 3.63) is 57.6 Å². The van der Waals surface area contributed by atoms with Crippen LogP contribution in [0.15, 0.2) is 36.4 Å². The highest BCUT2D eigenvalue weighted by atomic mass is 35.5. The number of aromatic hydroxyl groups is 1. The summed E-state index contributed by atoms with van der Waals surface area (Å²) in [5, 5.41) is 8.92. The van der Waals surface area contributed by atoms with Crippen molar-refractivity contribution in [3.8, 4) is 11.5 Å². The molecule has 1 N–H and O–H groups in total. The molecule has 0 amide bonds. The molecule has 0 aliphatic rings. The maximum absolute atomic E-state index is 11.4. The van der Waals surface area contributed by atoms with Crippen molar-refractivity contribution in [2.24, 2.45) is 0 Å². The molecule has 0 radical (unpaired) electrons. The molecule has 0 bridgehead atoms. The van der Waals surface area contributed by atoms with Gasteiger partial charge in [-0.25, -0.2) is 4.79 Å². The van der Waals surface area contributed by atoms with Gasteiger partial charge in [-0.15, -0.1) is 0 Å². The van der Waals surface area contributed by atoms with Crippen molar-refractivity contribution < 1.29 is 24.2 Å². The van der Waals surface area contributed by atoms with Crippen LogP contribution in [0.1, 0.15) is 29.8 Å². The number of phenolic OH excluding ortho intramolecular Hbond substituents is 1. The number of phenols is 1. The van der Waals surface area contributed by atoms with Crippen LogP contribution < -0.4 is 4.74 Å². The normalized spacial score (nSPS) is 9.64. The number of carbonyl (C=O) groups is 2. The maximum Gasteiger partial charge on any atom is 0.338 e. The first kappa shape index (κ1) is 20.8. The molecule has 0 aliphatic carbocycles. The summed E-state index contributed by atoms with van der Waals surface area (Å²) in [4.78, 5) is 22.2. The van der Waals surface area contributed by atoms with Gasteiger partial charge in [0.25, 0.3) is 0 Å². The van der Waals surface area contributed by atoms with Gasteiger partial charge in [-0.05, 0) is 38.1 Å². The van der Waals surface area contributed by atoms with Crippen LogP contribution >= 0.6 is 23.2 Å². The Labute approximate surface area is 156 Å². The fraction of sp³-hybridized carbons (Fsp3) is 0.222. The van der Waals surface area contributed by atoms with Crippen molar-refractivity contribution in [2.45, 2.75) is 20.8 Å². The topological polar surface area (TPSA) is 72.8 Å². The number of esters is 2. The van der Waals surface area contributed by atoms with Gasteiger partial charge in [-0.1, -0.05) is 40.9 Å². The lowest BCUT2D eigenvalue weighted by Crippen LogP contribution is -2.07. The summed E-state index contributed by atoms with van der Waals surface area (Å²) in [7, 11) is 0. The zero-order valence-corrected chi connectivity index (χ0v) is 15.5. The number of ether oxygens (including phenoxy) is 2. The van der Waals surface area contributed by atoms with Crippen LogP contribution in [-0.2, 0) is 9.53 Å². The Morgan fingerprint density at radius 3 is 2.00 bits per heavy atom. The first-order valence-corrected chi connectivity index (χ1v) is 8.10. The number of hydrogen-bond donors (Lipinski definition) is 1. The zero-order chi connectivity index (χ0) is 19.0. The lowest BCUT2D eigenvalue weighted by atomic mass is 10.2. The minimum absolute atomic E-state index is 0.0360. The molecule has 0 aromatic heterocycles. The Morgan fingerprint density at radius 2 is 1.60 bits per heavy atom. The van der Waals surface area contributed by atoms with E-state index in [0.29, 0.717) is 5.75 Å². The standard InChI is InChI=1S/C11H10Cl2O4.C7H8O/c1-3-16-11(15)7-4-8(12)10(9(13)5-7)17-6(2)14;1-6-2-4-7(8)5-3-6/h4-5H,3H2,1-2H3;2-5,8H,1H3. The Kier molecular flexibility index (Phi) is 8.25. The van der Waals surface area contributed by atoms with E-state index in [1.807, 2.05) is 19.1 Å². The molecule has 0 unspecified atom stereocenters. The van der Waals surface area contributed by atoms with E-state index in [1.54, 1.807) is 19.1 Å². The lowest BCUT2D eigenvalue weighted by molar-refractivity contribution is -0.131. The Balaban J connectivity index is 0.000000324. The zero-order valence-electron chi connectivity index (χ0n) is 14.0. The molecule has 2 aromatic carbocycles. The fourth-order valence-electron chi connectivity index (χ4n) is 1.68. The molecule has 0 saturated carbocycles. The van der Waals surface area contributed by atoms with Gasteiger partial charge in [0.1, 0.15) is 5.75 Å². The molecule has 5 nitrogen and oxygen atoms in total. The van der Waals surface area contributed by atoms with E-state index in [9.17, 15) is 9.59 Å². The average molecular weight is 385 g/mol. The van der Waals surface area contributed by atoms with Gasteiger partial charge in [0.15, 0.2) is 5.75 Å². The average Bonchev–Trinajstić information content (AvgIpc) is 2.54. The van der Waals surface area contributed by atoms with E-state index >= 15 is 0 Å². The van der Waals surface area contributed by atoms with Gasteiger partial charge in [0.2, 0.25) is 0 Å². The summed E-state index contributed by atoms with van der Waals surface area (Å²) >= 11 is 11.7. The molecule has 2 rings (SSSR count). The largest absolute Gasteiger partial charge is 0.508 e. The molecule has 0 spiro atoms. The predicted octanol–water partition coefficient (Wildman–Crippen LogP) is 4.80. The summed E-state index contributed by atoms with van der Waals surface area (Å²) in [6.45, 7) is 5.15. The maximum atomic E-state index is 11.4. The highest BCUT2D eigenvalue weighted by Crippen LogP contribution is 2.34. The molecule has 2 aromatic rings. The second kappa shape index (κ2) is 9.91. The van der Waals surface area contributed by atoms with Gasteiger partial charge < -0.3 is 14.6 Å². The summed E-state index contributed by atoms with van der Waals surface area (Å²) < 4.78 is 9.61. The third kappa shape index (κ3) is 7.03. The number of hydrogen-bond acceptors (Lipinski definition) is 5. The van der Waals surface area contributed by atoms with E-state index in [4.69, 9.17) is 37.8 Å². The third-order valence-electron chi connectivity index (χ3n) is 2.79. The third-order valence-corrected chi connectivity index (χ3v) is 3.35. The summed E-state index contributed by atoms with van der Waals surface area (Å²) in [6, 6.07) is 9.77. The minimum atomic E-state index is -0.544. The first-order valence-electron chi connectivity index (χ1n) is 7.34. The van der Waals surface area contributed by atoms with Crippen LogP contribution in [0.2, 0.25) is 10.0 Å². The summed E-state index contributed by atoms with van der Waals surface area (Å²) in [5.41, 5.74) is 1.38. The van der Waals surface area contributed by atoms with Gasteiger partial charge >= 0.3 is 11.9 Å². The second-order valence-electron chi connectivity index (χ2n) is 4.92. The van der Waals surface area contributed by atoms with E-state index in [2.05, 4.69) is 0 Å².